The van der Waals surface area contributed by atoms with Gasteiger partial charge in [0.2, 0.25) is 0 Å². The minimum Gasteiger partial charge on any atom is -0.295 e. The van der Waals surface area contributed by atoms with Crippen LogP contribution < -0.4 is 0 Å². The van der Waals surface area contributed by atoms with Gasteiger partial charge in [-0.2, -0.15) is 5.10 Å². The first-order chi connectivity index (χ1) is 10.3. The third kappa shape index (κ3) is 2.92. The molecular formula is C16H19N5. The van der Waals surface area contributed by atoms with Crippen LogP contribution in [0.1, 0.15) is 18.3 Å². The van der Waals surface area contributed by atoms with Crippen LogP contribution in [0, 0.1) is 0 Å². The van der Waals surface area contributed by atoms with E-state index in [0.717, 1.165) is 25.5 Å². The summed E-state index contributed by atoms with van der Waals surface area (Å²) in [7, 11) is 2.11. The van der Waals surface area contributed by atoms with Gasteiger partial charge in [-0.05, 0) is 31.0 Å². The molecule has 0 aliphatic heterocycles. The van der Waals surface area contributed by atoms with Crippen molar-refractivity contribution in [2.75, 3.05) is 7.05 Å². The van der Waals surface area contributed by atoms with Crippen molar-refractivity contribution < 1.29 is 0 Å². The maximum Gasteiger partial charge on any atom is 0.140 e. The Bertz CT molecular complexity index is 729. The number of hydrogen-bond acceptors (Lipinski definition) is 4. The van der Waals surface area contributed by atoms with Crippen molar-refractivity contribution in [3.63, 3.8) is 0 Å². The lowest BCUT2D eigenvalue weighted by atomic mass is 10.1. The van der Waals surface area contributed by atoms with Crippen LogP contribution in [0.15, 0.2) is 43.0 Å². The molecule has 1 aromatic carbocycles. The fraction of sp³-hybridized carbons (Fsp3) is 0.312. The van der Waals surface area contributed by atoms with E-state index < -0.39 is 0 Å². The van der Waals surface area contributed by atoms with E-state index >= 15 is 0 Å². The molecule has 2 aromatic heterocycles. The third-order valence-corrected chi connectivity index (χ3v) is 3.62. The number of aromatic nitrogens is 4. The summed E-state index contributed by atoms with van der Waals surface area (Å²) in [6.45, 7) is 4.59. The second-order valence-corrected chi connectivity index (χ2v) is 5.18. The number of hydrogen-bond donors (Lipinski definition) is 0. The summed E-state index contributed by atoms with van der Waals surface area (Å²) >= 11 is 0. The highest BCUT2D eigenvalue weighted by Gasteiger charge is 2.09. The molecule has 0 aliphatic carbocycles. The van der Waals surface area contributed by atoms with Gasteiger partial charge in [0.1, 0.15) is 12.2 Å². The van der Waals surface area contributed by atoms with E-state index in [9.17, 15) is 0 Å². The predicted octanol–water partition coefficient (Wildman–Crippen LogP) is 2.48. The summed E-state index contributed by atoms with van der Waals surface area (Å²) in [6.07, 6.45) is 5.38. The minimum absolute atomic E-state index is 0.787. The standard InChI is InChI=1S/C16H19N5/c1-3-21-16(18-12-19-21)11-20(2)10-14-6-4-5-13-9-17-8-7-15(13)14/h4-9,12H,3,10-11H2,1-2H3. The largest absolute Gasteiger partial charge is 0.295 e. The Morgan fingerprint density at radius 3 is 2.95 bits per heavy atom. The lowest BCUT2D eigenvalue weighted by Crippen LogP contribution is -2.20. The molecule has 0 unspecified atom stereocenters. The van der Waals surface area contributed by atoms with Crippen LogP contribution in [0.25, 0.3) is 10.8 Å². The van der Waals surface area contributed by atoms with Gasteiger partial charge in [0.05, 0.1) is 6.54 Å². The Balaban J connectivity index is 1.79. The van der Waals surface area contributed by atoms with Gasteiger partial charge in [-0.15, -0.1) is 0 Å². The molecule has 5 heteroatoms. The molecule has 0 fully saturated rings. The molecule has 3 aromatic rings. The number of fused-ring (bicyclic) bond motifs is 1. The van der Waals surface area contributed by atoms with Crippen molar-refractivity contribution >= 4 is 10.8 Å². The lowest BCUT2D eigenvalue weighted by Gasteiger charge is -2.17. The molecule has 5 nitrogen and oxygen atoms in total. The molecule has 0 radical (unpaired) electrons. The summed E-state index contributed by atoms with van der Waals surface area (Å²) in [6, 6.07) is 8.43. The molecule has 0 bridgehead atoms. The van der Waals surface area contributed by atoms with Crippen molar-refractivity contribution in [2.24, 2.45) is 0 Å². The van der Waals surface area contributed by atoms with E-state index in [1.165, 1.54) is 16.3 Å². The van der Waals surface area contributed by atoms with Gasteiger partial charge >= 0.3 is 0 Å². The molecule has 108 valence electrons. The fourth-order valence-electron chi connectivity index (χ4n) is 2.59. The first kappa shape index (κ1) is 13.7. The highest BCUT2D eigenvalue weighted by atomic mass is 15.3. The molecule has 0 atom stereocenters. The zero-order valence-electron chi connectivity index (χ0n) is 12.4. The number of rotatable bonds is 5. The average Bonchev–Trinajstić information content (AvgIpc) is 2.94. The monoisotopic (exact) mass is 281 g/mol. The highest BCUT2D eigenvalue weighted by Crippen LogP contribution is 2.19. The zero-order chi connectivity index (χ0) is 14.7. The van der Waals surface area contributed by atoms with E-state index in [1.54, 1.807) is 6.33 Å². The average molecular weight is 281 g/mol. The van der Waals surface area contributed by atoms with Crippen LogP contribution in [0.4, 0.5) is 0 Å². The molecular weight excluding hydrogens is 262 g/mol. The minimum atomic E-state index is 0.787. The molecule has 21 heavy (non-hydrogen) atoms. The normalized spacial score (nSPS) is 11.4. The highest BCUT2D eigenvalue weighted by molar-refractivity contribution is 5.84. The smallest absolute Gasteiger partial charge is 0.140 e. The molecule has 0 amide bonds. The van der Waals surface area contributed by atoms with Crippen LogP contribution >= 0.6 is 0 Å². The van der Waals surface area contributed by atoms with Crippen LogP contribution in [-0.2, 0) is 19.6 Å². The van der Waals surface area contributed by atoms with Crippen molar-refractivity contribution in [1.82, 2.24) is 24.6 Å². The molecule has 3 rings (SSSR count). The number of benzene rings is 1. The van der Waals surface area contributed by atoms with Crippen LogP contribution in [0.3, 0.4) is 0 Å². The Morgan fingerprint density at radius 1 is 1.19 bits per heavy atom. The van der Waals surface area contributed by atoms with Gasteiger partial charge < -0.3 is 0 Å². The second-order valence-electron chi connectivity index (χ2n) is 5.18. The second kappa shape index (κ2) is 6.01. The van der Waals surface area contributed by atoms with Crippen molar-refractivity contribution in [3.8, 4) is 0 Å². The molecule has 0 saturated heterocycles. The van der Waals surface area contributed by atoms with Crippen LogP contribution in [0.2, 0.25) is 0 Å². The number of pyridine rings is 1. The van der Waals surface area contributed by atoms with Crippen molar-refractivity contribution in [2.45, 2.75) is 26.6 Å². The summed E-state index contributed by atoms with van der Waals surface area (Å²) in [5, 5.41) is 6.66. The van der Waals surface area contributed by atoms with Gasteiger partial charge in [-0.1, -0.05) is 18.2 Å². The summed E-state index contributed by atoms with van der Waals surface area (Å²) in [4.78, 5) is 10.8. The van der Waals surface area contributed by atoms with Gasteiger partial charge in [-0.25, -0.2) is 9.67 Å². The third-order valence-electron chi connectivity index (χ3n) is 3.62. The fourth-order valence-corrected chi connectivity index (χ4v) is 2.59. The molecule has 2 heterocycles. The lowest BCUT2D eigenvalue weighted by molar-refractivity contribution is 0.304. The number of nitrogens with zero attached hydrogens (tertiary/aromatic N) is 5. The predicted molar refractivity (Wildman–Crippen MR) is 82.6 cm³/mol. The quantitative estimate of drug-likeness (QED) is 0.721. The summed E-state index contributed by atoms with van der Waals surface area (Å²) < 4.78 is 1.93. The summed E-state index contributed by atoms with van der Waals surface area (Å²) in [5.41, 5.74) is 1.31. The Labute approximate surface area is 124 Å². The van der Waals surface area contributed by atoms with Gasteiger partial charge in [-0.3, -0.25) is 9.88 Å². The van der Waals surface area contributed by atoms with Crippen molar-refractivity contribution in [3.05, 3.63) is 54.4 Å². The van der Waals surface area contributed by atoms with E-state index in [-0.39, 0.29) is 0 Å². The topological polar surface area (TPSA) is 46.8 Å². The maximum absolute atomic E-state index is 4.33. The Hall–Kier alpha value is -2.27. The first-order valence-corrected chi connectivity index (χ1v) is 7.14. The van der Waals surface area contributed by atoms with E-state index in [0.29, 0.717) is 0 Å². The Kier molecular flexibility index (Phi) is 3.92. The van der Waals surface area contributed by atoms with Crippen molar-refractivity contribution in [1.29, 1.82) is 0 Å². The molecule has 0 spiro atoms. The molecule has 0 aliphatic rings. The van der Waals surface area contributed by atoms with E-state index in [2.05, 4.69) is 58.2 Å². The van der Waals surface area contributed by atoms with Crippen LogP contribution in [0.5, 0.6) is 0 Å². The van der Waals surface area contributed by atoms with Gasteiger partial charge in [0, 0.05) is 30.9 Å². The van der Waals surface area contributed by atoms with Crippen LogP contribution in [-0.4, -0.2) is 31.7 Å². The van der Waals surface area contributed by atoms with E-state index in [4.69, 9.17) is 0 Å². The molecule has 0 N–H and O–H groups in total. The van der Waals surface area contributed by atoms with E-state index in [1.807, 2.05) is 17.1 Å². The number of aryl methyl sites for hydroxylation is 1. The zero-order valence-corrected chi connectivity index (χ0v) is 12.4. The first-order valence-electron chi connectivity index (χ1n) is 7.14. The SMILES string of the molecule is CCn1ncnc1CN(C)Cc1cccc2cnccc12. The van der Waals surface area contributed by atoms with Gasteiger partial charge in [0.15, 0.2) is 0 Å². The van der Waals surface area contributed by atoms with Gasteiger partial charge in [0.25, 0.3) is 0 Å². The maximum atomic E-state index is 4.33. The molecule has 0 saturated carbocycles. The summed E-state index contributed by atoms with van der Waals surface area (Å²) in [5.74, 6) is 1.00. The Morgan fingerprint density at radius 2 is 2.10 bits per heavy atom.